The first kappa shape index (κ1) is 11.5. The molecule has 0 bridgehead atoms. The Kier molecular flexibility index (Phi) is 3.19. The minimum absolute atomic E-state index is 0.710. The molecule has 0 heterocycles. The van der Waals surface area contributed by atoms with Gasteiger partial charge in [0.15, 0.2) is 11.6 Å². The minimum atomic E-state index is -1.67. The zero-order chi connectivity index (χ0) is 11.0. The third kappa shape index (κ3) is 1.65. The van der Waals surface area contributed by atoms with E-state index in [0.29, 0.717) is 0 Å². The van der Waals surface area contributed by atoms with Gasteiger partial charge in [-0.1, -0.05) is 34.8 Å². The van der Waals surface area contributed by atoms with Gasteiger partial charge < -0.3 is 5.11 Å². The van der Waals surface area contributed by atoms with E-state index in [-0.39, 0.29) is 0 Å². The highest BCUT2D eigenvalue weighted by molar-refractivity contribution is 6.45. The number of carbonyl (C=O) groups is 1. The molecule has 0 unspecified atom stereocenters. The molecular formula is C7HCl3F2O2. The fourth-order valence-corrected chi connectivity index (χ4v) is 1.47. The van der Waals surface area contributed by atoms with Crippen LogP contribution in [0.5, 0.6) is 0 Å². The van der Waals surface area contributed by atoms with Gasteiger partial charge >= 0.3 is 5.97 Å². The Morgan fingerprint density at radius 2 is 1.50 bits per heavy atom. The van der Waals surface area contributed by atoms with Gasteiger partial charge in [0.2, 0.25) is 0 Å². The molecule has 0 amide bonds. The summed E-state index contributed by atoms with van der Waals surface area (Å²) in [5, 5.41) is 6.11. The molecule has 0 aliphatic heterocycles. The lowest BCUT2D eigenvalue weighted by atomic mass is 10.2. The van der Waals surface area contributed by atoms with Crippen molar-refractivity contribution in [3.63, 3.8) is 0 Å². The van der Waals surface area contributed by atoms with Gasteiger partial charge in [-0.2, -0.15) is 0 Å². The molecule has 0 spiro atoms. The maximum atomic E-state index is 13.1. The predicted molar refractivity (Wildman–Crippen MR) is 48.3 cm³/mol. The molecule has 0 atom stereocenters. The molecule has 1 N–H and O–H groups in total. The Labute approximate surface area is 92.0 Å². The lowest BCUT2D eigenvalue weighted by molar-refractivity contribution is 0.0692. The molecule has 1 aromatic carbocycles. The van der Waals surface area contributed by atoms with E-state index < -0.39 is 38.2 Å². The molecule has 0 fully saturated rings. The number of aromatic carboxylic acids is 1. The summed E-state index contributed by atoms with van der Waals surface area (Å²) in [7, 11) is 0. The summed E-state index contributed by atoms with van der Waals surface area (Å²) in [5.41, 5.74) is -0.942. The quantitative estimate of drug-likeness (QED) is 0.619. The number of carboxylic acids is 1. The van der Waals surface area contributed by atoms with Crippen molar-refractivity contribution in [1.29, 1.82) is 0 Å². The van der Waals surface area contributed by atoms with Crippen LogP contribution in [0.15, 0.2) is 0 Å². The second kappa shape index (κ2) is 3.88. The van der Waals surface area contributed by atoms with Gasteiger partial charge in [-0.05, 0) is 0 Å². The minimum Gasteiger partial charge on any atom is -0.478 e. The first-order chi connectivity index (χ1) is 6.37. The predicted octanol–water partition coefficient (Wildman–Crippen LogP) is 3.62. The van der Waals surface area contributed by atoms with E-state index in [4.69, 9.17) is 39.9 Å². The average molecular weight is 261 g/mol. The number of benzene rings is 1. The average Bonchev–Trinajstić information content (AvgIpc) is 2.11. The summed E-state index contributed by atoms with van der Waals surface area (Å²) in [6, 6.07) is 0. The standard InChI is InChI=1S/C7HCl3F2O2/c8-2-1(7(13)14)5(11)4(10)6(12)3(2)9/h(H,13,14). The molecule has 0 radical (unpaired) electrons. The Bertz CT molecular complexity index is 391. The van der Waals surface area contributed by atoms with E-state index in [2.05, 4.69) is 0 Å². The van der Waals surface area contributed by atoms with Crippen LogP contribution in [0.25, 0.3) is 0 Å². The van der Waals surface area contributed by atoms with Crippen LogP contribution in [-0.4, -0.2) is 11.1 Å². The van der Waals surface area contributed by atoms with Gasteiger partial charge in [0.05, 0.1) is 10.0 Å². The maximum absolute atomic E-state index is 13.1. The van der Waals surface area contributed by atoms with Crippen molar-refractivity contribution < 1.29 is 18.7 Å². The fourth-order valence-electron chi connectivity index (χ4n) is 0.793. The Morgan fingerprint density at radius 3 is 1.93 bits per heavy atom. The largest absolute Gasteiger partial charge is 0.478 e. The molecule has 0 saturated carbocycles. The second-order valence-electron chi connectivity index (χ2n) is 2.25. The van der Waals surface area contributed by atoms with Gasteiger partial charge in [-0.15, -0.1) is 0 Å². The highest BCUT2D eigenvalue weighted by atomic mass is 35.5. The smallest absolute Gasteiger partial charge is 0.340 e. The van der Waals surface area contributed by atoms with Gasteiger partial charge in [0.25, 0.3) is 0 Å². The molecule has 76 valence electrons. The fraction of sp³-hybridized carbons (Fsp3) is 0. The lowest BCUT2D eigenvalue weighted by Gasteiger charge is -2.06. The third-order valence-electron chi connectivity index (χ3n) is 1.42. The molecule has 1 aromatic rings. The lowest BCUT2D eigenvalue weighted by Crippen LogP contribution is -2.04. The van der Waals surface area contributed by atoms with Crippen LogP contribution in [0.3, 0.4) is 0 Å². The number of carboxylic acid groups (broad SMARTS) is 1. The third-order valence-corrected chi connectivity index (χ3v) is 2.59. The Morgan fingerprint density at radius 1 is 1.00 bits per heavy atom. The normalized spacial score (nSPS) is 10.4. The molecule has 2 nitrogen and oxygen atoms in total. The van der Waals surface area contributed by atoms with Crippen molar-refractivity contribution in [3.8, 4) is 0 Å². The van der Waals surface area contributed by atoms with Crippen molar-refractivity contribution in [2.75, 3.05) is 0 Å². The first-order valence-electron chi connectivity index (χ1n) is 3.12. The SMILES string of the molecule is O=C(O)c1c(F)c(Cl)c(F)c(Cl)c1Cl. The Balaban J connectivity index is 3.68. The number of hydrogen-bond acceptors (Lipinski definition) is 1. The first-order valence-corrected chi connectivity index (χ1v) is 4.26. The van der Waals surface area contributed by atoms with Gasteiger partial charge in [-0.3, -0.25) is 0 Å². The van der Waals surface area contributed by atoms with Crippen molar-refractivity contribution in [2.24, 2.45) is 0 Å². The van der Waals surface area contributed by atoms with E-state index in [1.807, 2.05) is 0 Å². The van der Waals surface area contributed by atoms with Crippen molar-refractivity contribution >= 4 is 40.8 Å². The zero-order valence-electron chi connectivity index (χ0n) is 6.25. The summed E-state index contributed by atoms with van der Waals surface area (Å²) >= 11 is 15.7. The molecule has 0 aromatic heterocycles. The Hall–Kier alpha value is -0.580. The van der Waals surface area contributed by atoms with E-state index in [1.54, 1.807) is 0 Å². The van der Waals surface area contributed by atoms with Crippen LogP contribution in [0.4, 0.5) is 8.78 Å². The summed E-state index contributed by atoms with van der Waals surface area (Å²) in [5.74, 6) is -4.39. The van der Waals surface area contributed by atoms with E-state index in [1.165, 1.54) is 0 Å². The molecule has 1 rings (SSSR count). The number of halogens is 5. The van der Waals surface area contributed by atoms with Crippen LogP contribution >= 0.6 is 34.8 Å². The summed E-state index contributed by atoms with van der Waals surface area (Å²) < 4.78 is 26.0. The van der Waals surface area contributed by atoms with Crippen LogP contribution in [0, 0.1) is 11.6 Å². The molecule has 0 aliphatic rings. The molecular weight excluding hydrogens is 260 g/mol. The van der Waals surface area contributed by atoms with Gasteiger partial charge in [-0.25, -0.2) is 13.6 Å². The number of rotatable bonds is 1. The highest BCUT2D eigenvalue weighted by Gasteiger charge is 2.25. The summed E-state index contributed by atoms with van der Waals surface area (Å²) in [4.78, 5) is 10.5. The van der Waals surface area contributed by atoms with Crippen LogP contribution in [-0.2, 0) is 0 Å². The summed E-state index contributed by atoms with van der Waals surface area (Å²) in [6.45, 7) is 0. The molecule has 0 aliphatic carbocycles. The van der Waals surface area contributed by atoms with Crippen molar-refractivity contribution in [1.82, 2.24) is 0 Å². The van der Waals surface area contributed by atoms with Crippen LogP contribution < -0.4 is 0 Å². The van der Waals surface area contributed by atoms with E-state index in [0.717, 1.165) is 0 Å². The van der Waals surface area contributed by atoms with E-state index >= 15 is 0 Å². The van der Waals surface area contributed by atoms with Crippen LogP contribution in [0.2, 0.25) is 15.1 Å². The molecule has 7 heteroatoms. The van der Waals surface area contributed by atoms with Gasteiger partial charge in [0.1, 0.15) is 10.6 Å². The maximum Gasteiger partial charge on any atom is 0.340 e. The van der Waals surface area contributed by atoms with Crippen molar-refractivity contribution in [2.45, 2.75) is 0 Å². The molecule has 14 heavy (non-hydrogen) atoms. The monoisotopic (exact) mass is 260 g/mol. The van der Waals surface area contributed by atoms with Crippen LogP contribution in [0.1, 0.15) is 10.4 Å². The summed E-state index contributed by atoms with van der Waals surface area (Å²) in [6.07, 6.45) is 0. The van der Waals surface area contributed by atoms with E-state index in [9.17, 15) is 13.6 Å². The molecule has 0 saturated heterocycles. The second-order valence-corrected chi connectivity index (χ2v) is 3.38. The number of hydrogen-bond donors (Lipinski definition) is 1. The van der Waals surface area contributed by atoms with Crippen molar-refractivity contribution in [3.05, 3.63) is 32.3 Å². The zero-order valence-corrected chi connectivity index (χ0v) is 8.51. The van der Waals surface area contributed by atoms with Gasteiger partial charge in [0, 0.05) is 0 Å². The highest BCUT2D eigenvalue weighted by Crippen LogP contribution is 2.36. The topological polar surface area (TPSA) is 37.3 Å².